The van der Waals surface area contributed by atoms with Gasteiger partial charge >= 0.3 is 0 Å². The van der Waals surface area contributed by atoms with E-state index < -0.39 is 0 Å². The highest BCUT2D eigenvalue weighted by molar-refractivity contribution is 7.21. The molecule has 2 heterocycles. The van der Waals surface area contributed by atoms with Gasteiger partial charge in [-0.3, -0.25) is 0 Å². The molecular formula is C11H7N3S. The zero-order chi connectivity index (χ0) is 10.1. The number of hydrogen-bond donors (Lipinski definition) is 0. The summed E-state index contributed by atoms with van der Waals surface area (Å²) in [5.41, 5.74) is 1.85. The van der Waals surface area contributed by atoms with Gasteiger partial charge in [-0.15, -0.1) is 16.4 Å². The van der Waals surface area contributed by atoms with Crippen LogP contribution in [0.1, 0.15) is 0 Å². The van der Waals surface area contributed by atoms with Gasteiger partial charge in [0.1, 0.15) is 10.7 Å². The molecule has 72 valence electrons. The van der Waals surface area contributed by atoms with Gasteiger partial charge in [0, 0.05) is 6.20 Å². The molecule has 0 aliphatic carbocycles. The van der Waals surface area contributed by atoms with Crippen molar-refractivity contribution in [3.05, 3.63) is 42.6 Å². The van der Waals surface area contributed by atoms with E-state index in [2.05, 4.69) is 21.2 Å². The molecule has 0 fully saturated rings. The van der Waals surface area contributed by atoms with Crippen LogP contribution in [0.25, 0.3) is 20.9 Å². The number of nitrogens with zero attached hydrogens (tertiary/aromatic N) is 3. The Hall–Kier alpha value is -1.81. The monoisotopic (exact) mass is 213 g/mol. The topological polar surface area (TPSA) is 38.7 Å². The summed E-state index contributed by atoms with van der Waals surface area (Å²) < 4.78 is 1.18. The first-order chi connectivity index (χ1) is 7.43. The lowest BCUT2D eigenvalue weighted by atomic mass is 10.3. The van der Waals surface area contributed by atoms with Crippen molar-refractivity contribution in [1.82, 2.24) is 15.2 Å². The predicted molar refractivity (Wildman–Crippen MR) is 60.6 cm³/mol. The maximum absolute atomic E-state index is 4.50. The first kappa shape index (κ1) is 8.49. The lowest BCUT2D eigenvalue weighted by Gasteiger charge is -1.89. The molecule has 0 N–H and O–H groups in total. The second kappa shape index (κ2) is 3.40. The normalized spacial score (nSPS) is 10.7. The molecule has 0 bridgehead atoms. The van der Waals surface area contributed by atoms with E-state index in [1.54, 1.807) is 17.5 Å². The lowest BCUT2D eigenvalue weighted by molar-refractivity contribution is 1.04. The van der Waals surface area contributed by atoms with Crippen LogP contribution in [0.4, 0.5) is 0 Å². The Kier molecular flexibility index (Phi) is 1.93. The Balaban J connectivity index is 2.21. The smallest absolute Gasteiger partial charge is 0.145 e. The lowest BCUT2D eigenvalue weighted by Crippen LogP contribution is -1.83. The highest BCUT2D eigenvalue weighted by Crippen LogP contribution is 2.27. The fourth-order valence-electron chi connectivity index (χ4n) is 1.40. The molecule has 0 radical (unpaired) electrons. The van der Waals surface area contributed by atoms with E-state index in [1.807, 2.05) is 30.3 Å². The van der Waals surface area contributed by atoms with E-state index >= 15 is 0 Å². The summed E-state index contributed by atoms with van der Waals surface area (Å²) in [6.07, 6.45) is 1.66. The highest BCUT2D eigenvalue weighted by atomic mass is 32.1. The first-order valence-electron chi connectivity index (χ1n) is 4.57. The third kappa shape index (κ3) is 1.49. The Labute approximate surface area is 90.4 Å². The molecule has 0 aliphatic rings. The predicted octanol–water partition coefficient (Wildman–Crippen LogP) is 2.75. The quantitative estimate of drug-likeness (QED) is 0.624. The van der Waals surface area contributed by atoms with Crippen LogP contribution in [-0.2, 0) is 0 Å². The van der Waals surface area contributed by atoms with Gasteiger partial charge in [0.15, 0.2) is 0 Å². The molecule has 3 rings (SSSR count). The molecule has 3 aromatic rings. The van der Waals surface area contributed by atoms with Crippen molar-refractivity contribution in [2.75, 3.05) is 0 Å². The molecule has 4 heteroatoms. The van der Waals surface area contributed by atoms with E-state index in [9.17, 15) is 0 Å². The molecule has 0 saturated carbocycles. The van der Waals surface area contributed by atoms with E-state index in [1.165, 1.54) is 4.70 Å². The van der Waals surface area contributed by atoms with Crippen molar-refractivity contribution in [2.45, 2.75) is 0 Å². The number of thiazole rings is 1. The van der Waals surface area contributed by atoms with Gasteiger partial charge in [0.05, 0.1) is 10.2 Å². The zero-order valence-electron chi connectivity index (χ0n) is 7.79. The Bertz CT molecular complexity index is 556. The van der Waals surface area contributed by atoms with Crippen molar-refractivity contribution in [2.24, 2.45) is 0 Å². The maximum atomic E-state index is 4.50. The standard InChI is InChI=1S/C11H7N3S/c1-2-6-10-8(4-1)13-11(15-10)9-5-3-7-12-14-9/h1-7H. The molecule has 15 heavy (non-hydrogen) atoms. The van der Waals surface area contributed by atoms with Crippen molar-refractivity contribution in [3.8, 4) is 10.7 Å². The van der Waals surface area contributed by atoms with Crippen LogP contribution in [0.5, 0.6) is 0 Å². The van der Waals surface area contributed by atoms with Gasteiger partial charge in [-0.05, 0) is 24.3 Å². The van der Waals surface area contributed by atoms with E-state index in [0.717, 1.165) is 16.2 Å². The van der Waals surface area contributed by atoms with E-state index in [-0.39, 0.29) is 0 Å². The molecule has 0 atom stereocenters. The number of aromatic nitrogens is 3. The zero-order valence-corrected chi connectivity index (χ0v) is 8.61. The number of para-hydroxylation sites is 1. The van der Waals surface area contributed by atoms with Crippen molar-refractivity contribution in [1.29, 1.82) is 0 Å². The number of fused-ring (bicyclic) bond motifs is 1. The van der Waals surface area contributed by atoms with E-state index in [4.69, 9.17) is 0 Å². The summed E-state index contributed by atoms with van der Waals surface area (Å²) in [5.74, 6) is 0. The summed E-state index contributed by atoms with van der Waals surface area (Å²) in [6.45, 7) is 0. The third-order valence-electron chi connectivity index (χ3n) is 2.09. The SMILES string of the molecule is c1cnnc(-c2nc3ccccc3s2)c1. The molecule has 3 nitrogen and oxygen atoms in total. The van der Waals surface area contributed by atoms with E-state index in [0.29, 0.717) is 0 Å². The Morgan fingerprint density at radius 1 is 1.00 bits per heavy atom. The summed E-state index contributed by atoms with van der Waals surface area (Å²) in [5, 5.41) is 8.81. The molecule has 0 spiro atoms. The minimum atomic E-state index is 0.832. The number of rotatable bonds is 1. The van der Waals surface area contributed by atoms with Crippen LogP contribution in [0.15, 0.2) is 42.6 Å². The van der Waals surface area contributed by atoms with Crippen LogP contribution in [-0.4, -0.2) is 15.2 Å². The molecule has 1 aromatic carbocycles. The second-order valence-electron chi connectivity index (χ2n) is 3.10. The first-order valence-corrected chi connectivity index (χ1v) is 5.39. The molecule has 0 saturated heterocycles. The maximum Gasteiger partial charge on any atom is 0.145 e. The molecule has 0 aliphatic heterocycles. The van der Waals surface area contributed by atoms with Gasteiger partial charge in [-0.25, -0.2) is 4.98 Å². The fraction of sp³-hybridized carbons (Fsp3) is 0. The van der Waals surface area contributed by atoms with Gasteiger partial charge in [-0.2, -0.15) is 5.10 Å². The van der Waals surface area contributed by atoms with Crippen LogP contribution in [0.3, 0.4) is 0 Å². The Morgan fingerprint density at radius 2 is 1.93 bits per heavy atom. The number of hydrogen-bond acceptors (Lipinski definition) is 4. The van der Waals surface area contributed by atoms with Gasteiger partial charge < -0.3 is 0 Å². The van der Waals surface area contributed by atoms with Crippen molar-refractivity contribution < 1.29 is 0 Å². The van der Waals surface area contributed by atoms with Gasteiger partial charge in [0.2, 0.25) is 0 Å². The summed E-state index contributed by atoms with van der Waals surface area (Å²) >= 11 is 1.64. The third-order valence-corrected chi connectivity index (χ3v) is 3.14. The minimum Gasteiger partial charge on any atom is -0.234 e. The van der Waals surface area contributed by atoms with Crippen LogP contribution in [0, 0.1) is 0 Å². The van der Waals surface area contributed by atoms with Crippen molar-refractivity contribution >= 4 is 21.6 Å². The Morgan fingerprint density at radius 3 is 2.73 bits per heavy atom. The average Bonchev–Trinajstić information content (AvgIpc) is 2.74. The molecule has 2 aromatic heterocycles. The van der Waals surface area contributed by atoms with Gasteiger partial charge in [0.25, 0.3) is 0 Å². The van der Waals surface area contributed by atoms with Gasteiger partial charge in [-0.1, -0.05) is 12.1 Å². The average molecular weight is 213 g/mol. The number of benzene rings is 1. The van der Waals surface area contributed by atoms with Crippen molar-refractivity contribution in [3.63, 3.8) is 0 Å². The summed E-state index contributed by atoms with van der Waals surface area (Å²) in [4.78, 5) is 4.50. The summed E-state index contributed by atoms with van der Waals surface area (Å²) in [7, 11) is 0. The molecule has 0 unspecified atom stereocenters. The van der Waals surface area contributed by atoms with Crippen LogP contribution >= 0.6 is 11.3 Å². The fourth-order valence-corrected chi connectivity index (χ4v) is 2.33. The van der Waals surface area contributed by atoms with Crippen LogP contribution in [0.2, 0.25) is 0 Å². The largest absolute Gasteiger partial charge is 0.234 e. The molecule has 0 amide bonds. The molecular weight excluding hydrogens is 206 g/mol. The highest BCUT2D eigenvalue weighted by Gasteiger charge is 2.05. The van der Waals surface area contributed by atoms with Crippen LogP contribution < -0.4 is 0 Å². The second-order valence-corrected chi connectivity index (χ2v) is 4.13. The summed E-state index contributed by atoms with van der Waals surface area (Å²) in [6, 6.07) is 11.9. The minimum absolute atomic E-state index is 0.832.